The molecular formula is C17H20ClNS. The van der Waals surface area contributed by atoms with Crippen molar-refractivity contribution in [3.63, 3.8) is 0 Å². The molecule has 0 aromatic heterocycles. The largest absolute Gasteiger partial charge is 0.308 e. The van der Waals surface area contributed by atoms with Crippen molar-refractivity contribution in [2.45, 2.75) is 42.6 Å². The van der Waals surface area contributed by atoms with Gasteiger partial charge in [0.05, 0.1) is 5.02 Å². The summed E-state index contributed by atoms with van der Waals surface area (Å²) in [5, 5.41) is 4.33. The fourth-order valence-corrected chi connectivity index (χ4v) is 3.05. The minimum absolute atomic E-state index is 0.0942. The number of hydrogen-bond donors (Lipinski definition) is 1. The van der Waals surface area contributed by atoms with Crippen LogP contribution >= 0.6 is 23.4 Å². The highest BCUT2D eigenvalue weighted by Crippen LogP contribution is 2.36. The second kappa shape index (κ2) is 6.66. The van der Waals surface area contributed by atoms with Gasteiger partial charge in [0.15, 0.2) is 0 Å². The predicted molar refractivity (Wildman–Crippen MR) is 88.6 cm³/mol. The molecule has 0 aliphatic rings. The number of halogens is 1. The Morgan fingerprint density at radius 1 is 1.00 bits per heavy atom. The molecule has 0 bridgehead atoms. The van der Waals surface area contributed by atoms with Crippen molar-refractivity contribution in [3.8, 4) is 0 Å². The van der Waals surface area contributed by atoms with E-state index in [9.17, 15) is 0 Å². The summed E-state index contributed by atoms with van der Waals surface area (Å²) in [6.07, 6.45) is 0. The van der Waals surface area contributed by atoms with E-state index in [4.69, 9.17) is 11.6 Å². The monoisotopic (exact) mass is 305 g/mol. The molecule has 1 nitrogen and oxygen atoms in total. The molecule has 0 saturated heterocycles. The fraction of sp³-hybridized carbons (Fsp3) is 0.294. The van der Waals surface area contributed by atoms with Gasteiger partial charge in [0, 0.05) is 21.9 Å². The van der Waals surface area contributed by atoms with Crippen LogP contribution in [-0.2, 0) is 6.54 Å². The van der Waals surface area contributed by atoms with E-state index in [1.807, 2.05) is 30.3 Å². The zero-order valence-electron chi connectivity index (χ0n) is 12.1. The third kappa shape index (κ3) is 4.55. The molecule has 0 aliphatic carbocycles. The summed E-state index contributed by atoms with van der Waals surface area (Å²) in [7, 11) is 0. The summed E-state index contributed by atoms with van der Waals surface area (Å²) in [6, 6.07) is 16.4. The molecule has 20 heavy (non-hydrogen) atoms. The molecule has 0 amide bonds. The molecule has 106 valence electrons. The van der Waals surface area contributed by atoms with Crippen LogP contribution in [0.5, 0.6) is 0 Å². The Kier molecular flexibility index (Phi) is 5.14. The van der Waals surface area contributed by atoms with Gasteiger partial charge in [-0.15, -0.1) is 0 Å². The van der Waals surface area contributed by atoms with Gasteiger partial charge >= 0.3 is 0 Å². The van der Waals surface area contributed by atoms with E-state index in [1.165, 1.54) is 10.5 Å². The summed E-state index contributed by atoms with van der Waals surface area (Å²) >= 11 is 8.10. The topological polar surface area (TPSA) is 12.0 Å². The van der Waals surface area contributed by atoms with Crippen LogP contribution in [0.25, 0.3) is 0 Å². The SMILES string of the molecule is CC(C)(C)NCc1cccc(Cl)c1Sc1ccccc1. The first-order valence-corrected chi connectivity index (χ1v) is 7.90. The molecule has 0 heterocycles. The summed E-state index contributed by atoms with van der Waals surface area (Å²) in [5.41, 5.74) is 1.33. The molecule has 2 rings (SSSR count). The average Bonchev–Trinajstić information content (AvgIpc) is 2.40. The molecule has 1 N–H and O–H groups in total. The van der Waals surface area contributed by atoms with E-state index in [0.29, 0.717) is 0 Å². The second-order valence-electron chi connectivity index (χ2n) is 5.75. The van der Waals surface area contributed by atoms with Crippen LogP contribution in [0.2, 0.25) is 5.02 Å². The standard InChI is InChI=1S/C17H20ClNS/c1-17(2,3)19-12-13-8-7-11-15(18)16(13)20-14-9-5-4-6-10-14/h4-11,19H,12H2,1-3H3. The van der Waals surface area contributed by atoms with Crippen LogP contribution in [0.15, 0.2) is 58.3 Å². The Balaban J connectivity index is 2.22. The molecule has 0 radical (unpaired) electrons. The third-order valence-electron chi connectivity index (χ3n) is 2.82. The first-order valence-electron chi connectivity index (χ1n) is 6.71. The van der Waals surface area contributed by atoms with Gasteiger partial charge < -0.3 is 5.32 Å². The van der Waals surface area contributed by atoms with E-state index in [1.54, 1.807) is 11.8 Å². The lowest BCUT2D eigenvalue weighted by atomic mass is 10.1. The maximum atomic E-state index is 6.38. The highest BCUT2D eigenvalue weighted by atomic mass is 35.5. The van der Waals surface area contributed by atoms with E-state index >= 15 is 0 Å². The van der Waals surface area contributed by atoms with Crippen molar-refractivity contribution >= 4 is 23.4 Å². The van der Waals surface area contributed by atoms with E-state index in [-0.39, 0.29) is 5.54 Å². The summed E-state index contributed by atoms with van der Waals surface area (Å²) in [4.78, 5) is 2.34. The van der Waals surface area contributed by atoms with Gasteiger partial charge in [-0.25, -0.2) is 0 Å². The zero-order chi connectivity index (χ0) is 14.6. The zero-order valence-corrected chi connectivity index (χ0v) is 13.7. The van der Waals surface area contributed by atoms with Crippen LogP contribution in [0, 0.1) is 0 Å². The lowest BCUT2D eigenvalue weighted by Crippen LogP contribution is -2.35. The molecule has 0 atom stereocenters. The second-order valence-corrected chi connectivity index (χ2v) is 7.24. The summed E-state index contributed by atoms with van der Waals surface area (Å²) in [6.45, 7) is 7.32. The Morgan fingerprint density at radius 3 is 2.35 bits per heavy atom. The summed E-state index contributed by atoms with van der Waals surface area (Å²) < 4.78 is 0. The Hall–Kier alpha value is -0.960. The number of nitrogens with one attached hydrogen (secondary N) is 1. The van der Waals surface area contributed by atoms with Crippen LogP contribution < -0.4 is 5.32 Å². The minimum Gasteiger partial charge on any atom is -0.308 e. The highest BCUT2D eigenvalue weighted by Gasteiger charge is 2.13. The normalized spacial score (nSPS) is 11.6. The first kappa shape index (κ1) is 15.4. The molecular weight excluding hydrogens is 286 g/mol. The molecule has 2 aromatic rings. The minimum atomic E-state index is 0.0942. The van der Waals surface area contributed by atoms with Crippen molar-refractivity contribution in [2.75, 3.05) is 0 Å². The van der Waals surface area contributed by atoms with E-state index in [0.717, 1.165) is 16.5 Å². The molecule has 0 spiro atoms. The molecule has 0 fully saturated rings. The highest BCUT2D eigenvalue weighted by molar-refractivity contribution is 7.99. The van der Waals surface area contributed by atoms with Crippen LogP contribution in [0.3, 0.4) is 0 Å². The lowest BCUT2D eigenvalue weighted by molar-refractivity contribution is 0.422. The van der Waals surface area contributed by atoms with Crippen LogP contribution in [0.1, 0.15) is 26.3 Å². The van der Waals surface area contributed by atoms with Crippen molar-refractivity contribution in [3.05, 3.63) is 59.1 Å². The summed E-state index contributed by atoms with van der Waals surface area (Å²) in [5.74, 6) is 0. The van der Waals surface area contributed by atoms with Gasteiger partial charge in [-0.3, -0.25) is 0 Å². The van der Waals surface area contributed by atoms with Crippen molar-refractivity contribution in [2.24, 2.45) is 0 Å². The van der Waals surface area contributed by atoms with Gasteiger partial charge in [-0.2, -0.15) is 0 Å². The van der Waals surface area contributed by atoms with Crippen molar-refractivity contribution in [1.29, 1.82) is 0 Å². The van der Waals surface area contributed by atoms with E-state index < -0.39 is 0 Å². The third-order valence-corrected chi connectivity index (χ3v) is 4.44. The molecule has 3 heteroatoms. The van der Waals surface area contributed by atoms with Gasteiger partial charge in [0.2, 0.25) is 0 Å². The van der Waals surface area contributed by atoms with Crippen LogP contribution in [0.4, 0.5) is 0 Å². The quantitative estimate of drug-likeness (QED) is 0.814. The van der Waals surface area contributed by atoms with Gasteiger partial charge in [-0.1, -0.05) is 53.7 Å². The molecule has 0 saturated carbocycles. The number of hydrogen-bond acceptors (Lipinski definition) is 2. The lowest BCUT2D eigenvalue weighted by Gasteiger charge is -2.22. The average molecular weight is 306 g/mol. The van der Waals surface area contributed by atoms with Crippen molar-refractivity contribution < 1.29 is 0 Å². The van der Waals surface area contributed by atoms with Gasteiger partial charge in [0.1, 0.15) is 0 Å². The van der Waals surface area contributed by atoms with E-state index in [2.05, 4.69) is 44.3 Å². The maximum absolute atomic E-state index is 6.38. The smallest absolute Gasteiger partial charge is 0.0548 e. The number of rotatable bonds is 4. The van der Waals surface area contributed by atoms with Gasteiger partial charge in [0.25, 0.3) is 0 Å². The molecule has 0 aliphatic heterocycles. The predicted octanol–water partition coefficient (Wildman–Crippen LogP) is 5.38. The number of benzene rings is 2. The Bertz CT molecular complexity index is 561. The van der Waals surface area contributed by atoms with Crippen LogP contribution in [-0.4, -0.2) is 5.54 Å². The fourth-order valence-electron chi connectivity index (χ4n) is 1.77. The molecule has 2 aromatic carbocycles. The Labute approximate surface area is 130 Å². The van der Waals surface area contributed by atoms with Crippen molar-refractivity contribution in [1.82, 2.24) is 5.32 Å². The van der Waals surface area contributed by atoms with Gasteiger partial charge in [-0.05, 0) is 44.5 Å². The molecule has 0 unspecified atom stereocenters. The maximum Gasteiger partial charge on any atom is 0.0548 e. The first-order chi connectivity index (χ1) is 9.46. The Morgan fingerprint density at radius 2 is 1.70 bits per heavy atom.